The lowest BCUT2D eigenvalue weighted by Gasteiger charge is -2.03. The Labute approximate surface area is 128 Å². The number of nitrogens with two attached hydrogens (primary N) is 1. The second kappa shape index (κ2) is 7.00. The highest BCUT2D eigenvalue weighted by Crippen LogP contribution is 2.35. The molecule has 0 saturated carbocycles. The van der Waals surface area contributed by atoms with Gasteiger partial charge in [-0.05, 0) is 31.0 Å². The third-order valence-electron chi connectivity index (χ3n) is 3.18. The predicted molar refractivity (Wildman–Crippen MR) is 87.8 cm³/mol. The van der Waals surface area contributed by atoms with Gasteiger partial charge < -0.3 is 15.8 Å². The third-order valence-corrected chi connectivity index (χ3v) is 4.34. The van der Waals surface area contributed by atoms with Crippen molar-refractivity contribution in [3.63, 3.8) is 0 Å². The van der Waals surface area contributed by atoms with Crippen LogP contribution in [0.5, 0.6) is 5.75 Å². The number of nitrogen functional groups attached to an aromatic ring is 1. The molecule has 2 aromatic rings. The topological polar surface area (TPSA) is 64.3 Å². The van der Waals surface area contributed by atoms with Crippen LogP contribution in [0.2, 0.25) is 0 Å². The number of nitrogens with one attached hydrogen (secondary N) is 1. The lowest BCUT2D eigenvalue weighted by Crippen LogP contribution is -2.24. The largest absolute Gasteiger partial charge is 0.497 e. The number of carbonyl (C=O) groups excluding carboxylic acids is 1. The average molecular weight is 302 g/mol. The van der Waals surface area contributed by atoms with Gasteiger partial charge in [-0.15, -0.1) is 23.7 Å². The Kier molecular flexibility index (Phi) is 5.07. The molecule has 1 heterocycles. The average Bonchev–Trinajstić information content (AvgIpc) is 2.83. The number of carbonyl (C=O) groups is 1. The van der Waals surface area contributed by atoms with Crippen LogP contribution in [0.1, 0.15) is 28.9 Å². The van der Waals surface area contributed by atoms with Gasteiger partial charge in [0.1, 0.15) is 10.6 Å². The Balaban J connectivity index is 2.09. The highest BCUT2D eigenvalue weighted by molar-refractivity contribution is 7.21. The highest BCUT2D eigenvalue weighted by Gasteiger charge is 2.16. The first-order chi connectivity index (χ1) is 10.2. The Morgan fingerprint density at radius 2 is 2.29 bits per heavy atom. The molecule has 1 amide bonds. The van der Waals surface area contributed by atoms with Crippen molar-refractivity contribution in [2.75, 3.05) is 19.4 Å². The molecule has 2 rings (SSSR count). The maximum Gasteiger partial charge on any atom is 0.263 e. The molecule has 1 aromatic carbocycles. The summed E-state index contributed by atoms with van der Waals surface area (Å²) in [6.07, 6.45) is 7.70. The fourth-order valence-electron chi connectivity index (χ4n) is 2.03. The number of ether oxygens (including phenoxy) is 1. The summed E-state index contributed by atoms with van der Waals surface area (Å²) in [6.45, 7) is 0.609. The van der Waals surface area contributed by atoms with E-state index >= 15 is 0 Å². The summed E-state index contributed by atoms with van der Waals surface area (Å²) in [5, 5.41) is 3.77. The van der Waals surface area contributed by atoms with Gasteiger partial charge in [0.05, 0.1) is 12.8 Å². The summed E-state index contributed by atoms with van der Waals surface area (Å²) in [6, 6.07) is 5.61. The standard InChI is InChI=1S/C16H18N2O2S/c1-3-4-5-6-9-18-16(19)15-14(17)12-8-7-11(20-2)10-13(12)21-15/h1,7-8,10H,4-6,9,17H2,2H3,(H,18,19). The maximum absolute atomic E-state index is 12.2. The molecule has 110 valence electrons. The quantitative estimate of drug-likeness (QED) is 0.637. The summed E-state index contributed by atoms with van der Waals surface area (Å²) in [4.78, 5) is 12.7. The SMILES string of the molecule is C#CCCCCNC(=O)c1sc2cc(OC)ccc2c1N. The van der Waals surface area contributed by atoms with Gasteiger partial charge in [0.25, 0.3) is 5.91 Å². The van der Waals surface area contributed by atoms with E-state index in [0.717, 1.165) is 35.1 Å². The number of hydrogen-bond donors (Lipinski definition) is 2. The molecule has 21 heavy (non-hydrogen) atoms. The molecule has 0 saturated heterocycles. The Morgan fingerprint density at radius 3 is 3.00 bits per heavy atom. The molecule has 0 unspecified atom stereocenters. The molecular weight excluding hydrogens is 284 g/mol. The van der Waals surface area contributed by atoms with Crippen LogP contribution >= 0.6 is 11.3 Å². The number of methoxy groups -OCH3 is 1. The van der Waals surface area contributed by atoms with E-state index in [2.05, 4.69) is 11.2 Å². The molecular formula is C16H18N2O2S. The minimum absolute atomic E-state index is 0.131. The first-order valence-electron chi connectivity index (χ1n) is 6.75. The molecule has 0 aliphatic heterocycles. The molecule has 0 atom stereocenters. The van der Waals surface area contributed by atoms with Gasteiger partial charge in [0, 0.05) is 23.1 Å². The molecule has 4 nitrogen and oxygen atoms in total. The predicted octanol–water partition coefficient (Wildman–Crippen LogP) is 3.03. The van der Waals surface area contributed by atoms with Crippen LogP contribution in [0.3, 0.4) is 0 Å². The van der Waals surface area contributed by atoms with E-state index in [1.165, 1.54) is 11.3 Å². The lowest BCUT2D eigenvalue weighted by molar-refractivity contribution is 0.0958. The molecule has 3 N–H and O–H groups in total. The zero-order valence-corrected chi connectivity index (χ0v) is 12.8. The molecule has 5 heteroatoms. The molecule has 0 aliphatic rings. The van der Waals surface area contributed by atoms with E-state index in [4.69, 9.17) is 16.9 Å². The smallest absolute Gasteiger partial charge is 0.263 e. The number of rotatable bonds is 6. The van der Waals surface area contributed by atoms with Crippen LogP contribution in [0.4, 0.5) is 5.69 Å². The van der Waals surface area contributed by atoms with Gasteiger partial charge in [0.15, 0.2) is 0 Å². The summed E-state index contributed by atoms with van der Waals surface area (Å²) >= 11 is 1.38. The number of unbranched alkanes of at least 4 members (excludes halogenated alkanes) is 2. The van der Waals surface area contributed by atoms with Crippen molar-refractivity contribution in [3.8, 4) is 18.1 Å². The summed E-state index contributed by atoms with van der Waals surface area (Å²) in [7, 11) is 1.61. The van der Waals surface area contributed by atoms with E-state index in [-0.39, 0.29) is 5.91 Å². The number of amides is 1. The summed E-state index contributed by atoms with van der Waals surface area (Å²) in [5.74, 6) is 3.21. The van der Waals surface area contributed by atoms with Crippen molar-refractivity contribution in [1.82, 2.24) is 5.32 Å². The number of terminal acetylenes is 1. The van der Waals surface area contributed by atoms with Gasteiger partial charge in [-0.3, -0.25) is 4.79 Å². The van der Waals surface area contributed by atoms with Gasteiger partial charge in [-0.1, -0.05) is 0 Å². The Bertz CT molecular complexity index is 685. The number of thiophene rings is 1. The van der Waals surface area contributed by atoms with E-state index < -0.39 is 0 Å². The first kappa shape index (κ1) is 15.2. The molecule has 0 radical (unpaired) electrons. The van der Waals surface area contributed by atoms with E-state index in [9.17, 15) is 4.79 Å². The van der Waals surface area contributed by atoms with Gasteiger partial charge in [-0.2, -0.15) is 0 Å². The van der Waals surface area contributed by atoms with Crippen LogP contribution in [-0.2, 0) is 0 Å². The number of anilines is 1. The molecule has 1 aromatic heterocycles. The van der Waals surface area contributed by atoms with Crippen LogP contribution in [0, 0.1) is 12.3 Å². The minimum atomic E-state index is -0.131. The summed E-state index contributed by atoms with van der Waals surface area (Å²) in [5.41, 5.74) is 6.59. The Hall–Kier alpha value is -2.19. The van der Waals surface area contributed by atoms with Crippen LogP contribution in [0.15, 0.2) is 18.2 Å². The fraction of sp³-hybridized carbons (Fsp3) is 0.312. The number of fused-ring (bicyclic) bond motifs is 1. The fourth-order valence-corrected chi connectivity index (χ4v) is 3.09. The van der Waals surface area contributed by atoms with Crippen molar-refractivity contribution in [2.24, 2.45) is 0 Å². The monoisotopic (exact) mass is 302 g/mol. The minimum Gasteiger partial charge on any atom is -0.497 e. The van der Waals surface area contributed by atoms with Gasteiger partial charge in [-0.25, -0.2) is 0 Å². The molecule has 0 fully saturated rings. The normalized spacial score (nSPS) is 10.3. The van der Waals surface area contributed by atoms with Crippen LogP contribution < -0.4 is 15.8 Å². The molecule has 0 bridgehead atoms. The van der Waals surface area contributed by atoms with Crippen molar-refractivity contribution in [1.29, 1.82) is 0 Å². The van der Waals surface area contributed by atoms with Gasteiger partial charge in [0.2, 0.25) is 0 Å². The summed E-state index contributed by atoms with van der Waals surface area (Å²) < 4.78 is 6.13. The third kappa shape index (κ3) is 3.47. The lowest BCUT2D eigenvalue weighted by atomic mass is 10.2. The zero-order valence-electron chi connectivity index (χ0n) is 11.9. The second-order valence-electron chi connectivity index (χ2n) is 4.62. The first-order valence-corrected chi connectivity index (χ1v) is 7.56. The van der Waals surface area contributed by atoms with Crippen LogP contribution in [-0.4, -0.2) is 19.6 Å². The Morgan fingerprint density at radius 1 is 1.48 bits per heavy atom. The zero-order chi connectivity index (χ0) is 15.2. The van der Waals surface area contributed by atoms with E-state index in [1.54, 1.807) is 7.11 Å². The molecule has 0 aliphatic carbocycles. The van der Waals surface area contributed by atoms with Crippen molar-refractivity contribution in [3.05, 3.63) is 23.1 Å². The van der Waals surface area contributed by atoms with Crippen molar-refractivity contribution >= 4 is 33.0 Å². The maximum atomic E-state index is 12.2. The second-order valence-corrected chi connectivity index (χ2v) is 5.68. The van der Waals surface area contributed by atoms with E-state index in [1.807, 2.05) is 18.2 Å². The van der Waals surface area contributed by atoms with Crippen molar-refractivity contribution < 1.29 is 9.53 Å². The van der Waals surface area contributed by atoms with E-state index in [0.29, 0.717) is 17.1 Å². The van der Waals surface area contributed by atoms with Gasteiger partial charge >= 0.3 is 0 Å². The van der Waals surface area contributed by atoms with Crippen LogP contribution in [0.25, 0.3) is 10.1 Å². The highest BCUT2D eigenvalue weighted by atomic mass is 32.1. The van der Waals surface area contributed by atoms with Crippen molar-refractivity contribution in [2.45, 2.75) is 19.3 Å². The molecule has 0 spiro atoms. The number of hydrogen-bond acceptors (Lipinski definition) is 4. The number of benzene rings is 1.